The first-order valence-corrected chi connectivity index (χ1v) is 8.97. The molecule has 2 heterocycles. The van der Waals surface area contributed by atoms with Gasteiger partial charge in [-0.3, -0.25) is 4.79 Å². The van der Waals surface area contributed by atoms with Gasteiger partial charge >= 0.3 is 0 Å². The van der Waals surface area contributed by atoms with Gasteiger partial charge in [0.25, 0.3) is 0 Å². The van der Waals surface area contributed by atoms with Gasteiger partial charge < -0.3 is 15.5 Å². The van der Waals surface area contributed by atoms with Crippen molar-refractivity contribution in [2.45, 2.75) is 39.7 Å². The highest BCUT2D eigenvalue weighted by Crippen LogP contribution is 2.23. The number of fused-ring (bicyclic) bond motifs is 1. The molecule has 22 heavy (non-hydrogen) atoms. The molecule has 0 saturated carbocycles. The van der Waals surface area contributed by atoms with Gasteiger partial charge in [-0.1, -0.05) is 13.3 Å². The molecule has 0 fully saturated rings. The van der Waals surface area contributed by atoms with E-state index in [1.807, 2.05) is 11.8 Å². The molecule has 0 radical (unpaired) electrons. The third kappa shape index (κ3) is 4.73. The molecule has 0 aliphatic carbocycles. The molecule has 2 N–H and O–H groups in total. The van der Waals surface area contributed by atoms with E-state index in [2.05, 4.69) is 34.0 Å². The van der Waals surface area contributed by atoms with Gasteiger partial charge in [0.15, 0.2) is 5.96 Å². The quantitative estimate of drug-likeness (QED) is 0.478. The summed E-state index contributed by atoms with van der Waals surface area (Å²) in [4.78, 5) is 20.1. The average molecular weight is 322 g/mol. The Morgan fingerprint density at radius 3 is 3.05 bits per heavy atom. The van der Waals surface area contributed by atoms with Crippen molar-refractivity contribution in [3.8, 4) is 0 Å². The van der Waals surface area contributed by atoms with Crippen molar-refractivity contribution in [1.82, 2.24) is 15.5 Å². The Hall–Kier alpha value is -1.56. The van der Waals surface area contributed by atoms with Crippen LogP contribution in [0.25, 0.3) is 0 Å². The molecule has 1 amide bonds. The Morgan fingerprint density at radius 1 is 1.41 bits per heavy atom. The van der Waals surface area contributed by atoms with Crippen molar-refractivity contribution in [2.75, 3.05) is 26.2 Å². The minimum atomic E-state index is 0.101. The minimum absolute atomic E-state index is 0.101. The molecule has 0 bridgehead atoms. The highest BCUT2D eigenvalue weighted by atomic mass is 32.1. The fraction of sp³-hybridized carbons (Fsp3) is 0.625. The Labute approximate surface area is 136 Å². The zero-order chi connectivity index (χ0) is 15.8. The monoisotopic (exact) mass is 322 g/mol. The fourth-order valence-electron chi connectivity index (χ4n) is 2.43. The van der Waals surface area contributed by atoms with Crippen LogP contribution in [0.15, 0.2) is 16.4 Å². The van der Waals surface area contributed by atoms with Gasteiger partial charge in [-0.15, -0.1) is 11.3 Å². The lowest BCUT2D eigenvalue weighted by Crippen LogP contribution is -2.40. The van der Waals surface area contributed by atoms with Crippen molar-refractivity contribution < 1.29 is 4.79 Å². The number of hydrogen-bond donors (Lipinski definition) is 2. The summed E-state index contributed by atoms with van der Waals surface area (Å²) in [5.41, 5.74) is 1.29. The van der Waals surface area contributed by atoms with E-state index in [4.69, 9.17) is 0 Å². The van der Waals surface area contributed by atoms with E-state index in [0.29, 0.717) is 0 Å². The van der Waals surface area contributed by atoms with E-state index >= 15 is 0 Å². The van der Waals surface area contributed by atoms with Gasteiger partial charge in [-0.05, 0) is 36.8 Å². The number of guanidine groups is 1. The molecule has 0 saturated heterocycles. The van der Waals surface area contributed by atoms with Crippen LogP contribution in [-0.4, -0.2) is 42.9 Å². The number of unbranched alkanes of at least 4 members (excludes halogenated alkanes) is 1. The Kier molecular flexibility index (Phi) is 6.71. The van der Waals surface area contributed by atoms with Gasteiger partial charge in [-0.25, -0.2) is 4.99 Å². The topological polar surface area (TPSA) is 56.7 Å². The first kappa shape index (κ1) is 16.8. The molecule has 0 aromatic carbocycles. The van der Waals surface area contributed by atoms with E-state index in [1.54, 1.807) is 11.3 Å². The first-order chi connectivity index (χ1) is 10.7. The normalized spacial score (nSPS) is 14.6. The molecule has 0 atom stereocenters. The molecule has 122 valence electrons. The van der Waals surface area contributed by atoms with E-state index in [9.17, 15) is 4.79 Å². The van der Waals surface area contributed by atoms with Crippen LogP contribution in [0.5, 0.6) is 0 Å². The molecule has 0 spiro atoms. The maximum absolute atomic E-state index is 12.3. The Bertz CT molecular complexity index is 512. The zero-order valence-corrected chi connectivity index (χ0v) is 14.3. The number of amides is 1. The number of carbonyl (C=O) groups is 1. The molecule has 1 aliphatic rings. The summed E-state index contributed by atoms with van der Waals surface area (Å²) in [7, 11) is 0. The van der Waals surface area contributed by atoms with Crippen molar-refractivity contribution in [3.63, 3.8) is 0 Å². The average Bonchev–Trinajstić information content (AvgIpc) is 3.00. The zero-order valence-electron chi connectivity index (χ0n) is 13.5. The van der Waals surface area contributed by atoms with Crippen molar-refractivity contribution in [3.05, 3.63) is 21.9 Å². The molecule has 2 rings (SSSR count). The minimum Gasteiger partial charge on any atom is -0.357 e. The van der Waals surface area contributed by atoms with Gasteiger partial charge in [0.1, 0.15) is 6.54 Å². The first-order valence-electron chi connectivity index (χ1n) is 8.09. The van der Waals surface area contributed by atoms with Gasteiger partial charge in [-0.2, -0.15) is 0 Å². The van der Waals surface area contributed by atoms with E-state index < -0.39 is 0 Å². The van der Waals surface area contributed by atoms with Crippen LogP contribution in [0.2, 0.25) is 0 Å². The fourth-order valence-corrected chi connectivity index (χ4v) is 3.32. The summed E-state index contributed by atoms with van der Waals surface area (Å²) in [5.74, 6) is 0.835. The van der Waals surface area contributed by atoms with Crippen molar-refractivity contribution in [1.29, 1.82) is 0 Å². The number of thiophene rings is 1. The SMILES string of the molecule is CCCCNC(=NCC(=O)N1CCc2sccc2C1)NCC. The van der Waals surface area contributed by atoms with Crippen LogP contribution in [0, 0.1) is 0 Å². The summed E-state index contributed by atoms with van der Waals surface area (Å²) in [6.45, 7) is 7.62. The second-order valence-electron chi connectivity index (χ2n) is 5.41. The summed E-state index contributed by atoms with van der Waals surface area (Å²) in [6, 6.07) is 2.12. The van der Waals surface area contributed by atoms with Crippen molar-refractivity contribution in [2.24, 2.45) is 4.99 Å². The number of rotatable bonds is 6. The molecular weight excluding hydrogens is 296 g/mol. The van der Waals surface area contributed by atoms with E-state index in [1.165, 1.54) is 10.4 Å². The summed E-state index contributed by atoms with van der Waals surface area (Å²) in [6.07, 6.45) is 3.21. The summed E-state index contributed by atoms with van der Waals surface area (Å²) < 4.78 is 0. The van der Waals surface area contributed by atoms with Crippen LogP contribution >= 0.6 is 11.3 Å². The lowest BCUT2D eigenvalue weighted by atomic mass is 10.1. The molecule has 1 aromatic rings. The highest BCUT2D eigenvalue weighted by Gasteiger charge is 2.21. The van der Waals surface area contributed by atoms with E-state index in [-0.39, 0.29) is 12.5 Å². The van der Waals surface area contributed by atoms with Crippen LogP contribution < -0.4 is 10.6 Å². The summed E-state index contributed by atoms with van der Waals surface area (Å²) >= 11 is 1.79. The standard InChI is InChI=1S/C16H26N4OS/c1-3-5-8-18-16(17-4-2)19-11-15(21)20-9-6-14-13(12-20)7-10-22-14/h7,10H,3-6,8-9,11-12H2,1-2H3,(H2,17,18,19). The maximum atomic E-state index is 12.3. The second kappa shape index (κ2) is 8.78. The van der Waals surface area contributed by atoms with Crippen LogP contribution in [0.3, 0.4) is 0 Å². The van der Waals surface area contributed by atoms with Gasteiger partial charge in [0.2, 0.25) is 5.91 Å². The number of nitrogens with one attached hydrogen (secondary N) is 2. The van der Waals surface area contributed by atoms with Crippen molar-refractivity contribution >= 4 is 23.2 Å². The van der Waals surface area contributed by atoms with E-state index in [0.717, 1.165) is 51.4 Å². The molecule has 1 aliphatic heterocycles. The Morgan fingerprint density at radius 2 is 2.27 bits per heavy atom. The lowest BCUT2D eigenvalue weighted by Gasteiger charge is -2.26. The molecule has 1 aromatic heterocycles. The van der Waals surface area contributed by atoms with Gasteiger partial charge in [0, 0.05) is 31.1 Å². The van der Waals surface area contributed by atoms with Crippen LogP contribution in [0.1, 0.15) is 37.1 Å². The number of aliphatic imine (C=N–C) groups is 1. The smallest absolute Gasteiger partial charge is 0.244 e. The number of carbonyl (C=O) groups excluding carboxylic acids is 1. The highest BCUT2D eigenvalue weighted by molar-refractivity contribution is 7.10. The third-order valence-corrected chi connectivity index (χ3v) is 4.72. The molecule has 6 heteroatoms. The predicted octanol–water partition coefficient (Wildman–Crippen LogP) is 1.99. The summed E-state index contributed by atoms with van der Waals surface area (Å²) in [5, 5.41) is 8.55. The second-order valence-corrected chi connectivity index (χ2v) is 6.41. The Balaban J connectivity index is 1.85. The predicted molar refractivity (Wildman–Crippen MR) is 92.3 cm³/mol. The van der Waals surface area contributed by atoms with Gasteiger partial charge in [0.05, 0.1) is 0 Å². The molecule has 0 unspecified atom stereocenters. The molecule has 5 nitrogen and oxygen atoms in total. The lowest BCUT2D eigenvalue weighted by molar-refractivity contribution is -0.130. The van der Waals surface area contributed by atoms with Crippen LogP contribution in [0.4, 0.5) is 0 Å². The van der Waals surface area contributed by atoms with Crippen LogP contribution in [-0.2, 0) is 17.8 Å². The third-order valence-electron chi connectivity index (χ3n) is 3.70. The number of hydrogen-bond acceptors (Lipinski definition) is 3. The molecular formula is C16H26N4OS. The number of nitrogens with zero attached hydrogens (tertiary/aromatic N) is 2. The largest absolute Gasteiger partial charge is 0.357 e. The maximum Gasteiger partial charge on any atom is 0.244 e.